The highest BCUT2D eigenvalue weighted by atomic mass is 28.5. The summed E-state index contributed by atoms with van der Waals surface area (Å²) in [7, 11) is -14.4. The van der Waals surface area contributed by atoms with Gasteiger partial charge >= 0.3 is 25.7 Å². The molecule has 0 bridgehead atoms. The highest BCUT2D eigenvalue weighted by molar-refractivity contribution is 6.89. The van der Waals surface area contributed by atoms with E-state index in [-0.39, 0.29) is 0 Å². The summed E-state index contributed by atoms with van der Waals surface area (Å²) in [5.74, 6) is 0. The first-order valence-corrected chi connectivity index (χ1v) is 43.3. The molecule has 6 nitrogen and oxygen atoms in total. The van der Waals surface area contributed by atoms with Crippen LogP contribution in [0.5, 0.6) is 0 Å². The van der Waals surface area contributed by atoms with Gasteiger partial charge in [0.05, 0.1) is 0 Å². The second kappa shape index (κ2) is 15.6. The summed E-state index contributed by atoms with van der Waals surface area (Å²) in [6, 6.07) is 0. The van der Waals surface area contributed by atoms with Crippen molar-refractivity contribution in [2.75, 3.05) is 0 Å². The molecule has 0 N–H and O–H groups in total. The van der Waals surface area contributed by atoms with Gasteiger partial charge in [0, 0.05) is 0 Å². The van der Waals surface area contributed by atoms with Gasteiger partial charge in [0.25, 0.3) is 0 Å². The lowest BCUT2D eigenvalue weighted by molar-refractivity contribution is 0.331. The summed E-state index contributed by atoms with van der Waals surface area (Å²) in [5.41, 5.74) is 0. The Morgan fingerprint density at radius 2 is 0.308 bits per heavy atom. The molecule has 0 amide bonds. The molecule has 0 saturated heterocycles. The lowest BCUT2D eigenvalue weighted by Crippen LogP contribution is -2.55. The molecular formula is C24H72O6Si9. The topological polar surface area (TPSA) is 55.4 Å². The van der Waals surface area contributed by atoms with Gasteiger partial charge in [-0.3, -0.25) is 0 Å². The Labute approximate surface area is 256 Å². The summed E-state index contributed by atoms with van der Waals surface area (Å²) in [4.78, 5) is 0. The predicted octanol–water partition coefficient (Wildman–Crippen LogP) is 10.2. The second-order valence-corrected chi connectivity index (χ2v) is 56.1. The molecule has 0 spiro atoms. The molecule has 0 rings (SSSR count). The van der Waals surface area contributed by atoms with Gasteiger partial charge in [0.15, 0.2) is 49.9 Å². The third-order valence-electron chi connectivity index (χ3n) is 3.31. The summed E-state index contributed by atoms with van der Waals surface area (Å²) >= 11 is 0. The second-order valence-electron chi connectivity index (χ2n) is 17.5. The van der Waals surface area contributed by atoms with Crippen molar-refractivity contribution in [3.05, 3.63) is 0 Å². The molecule has 0 heterocycles. The fraction of sp³-hybridized carbons (Fsp3) is 1.00. The van der Waals surface area contributed by atoms with Crippen LogP contribution in [0.25, 0.3) is 0 Å². The minimum atomic E-state index is -2.05. The minimum absolute atomic E-state index is 1.23. The zero-order valence-corrected chi connectivity index (χ0v) is 39.9. The molecule has 0 saturated carbocycles. The first-order valence-electron chi connectivity index (χ1n) is 14.4. The van der Waals surface area contributed by atoms with Crippen LogP contribution in [0.1, 0.15) is 0 Å². The van der Waals surface area contributed by atoms with E-state index in [2.05, 4.69) is 157 Å². The molecule has 0 unspecified atom stereocenters. The maximum Gasteiger partial charge on any atom is 0.312 e. The van der Waals surface area contributed by atoms with Gasteiger partial charge in [-0.15, -0.1) is 0 Å². The molecule has 0 aromatic carbocycles. The third-order valence-corrected chi connectivity index (χ3v) is 29.8. The van der Waals surface area contributed by atoms with Gasteiger partial charge in [-0.2, -0.15) is 0 Å². The van der Waals surface area contributed by atoms with Crippen molar-refractivity contribution in [1.29, 1.82) is 0 Å². The molecular weight excluding hydrogens is 637 g/mol. The summed E-state index contributed by atoms with van der Waals surface area (Å²) in [6.45, 7) is 52.8. The van der Waals surface area contributed by atoms with Crippen molar-refractivity contribution in [2.24, 2.45) is 0 Å². The average molecular weight is 710 g/mol. The smallest absolute Gasteiger partial charge is 0.312 e. The van der Waals surface area contributed by atoms with Crippen molar-refractivity contribution in [1.82, 2.24) is 0 Å². The molecule has 240 valence electrons. The van der Waals surface area contributed by atoms with Crippen LogP contribution in [0, 0.1) is 0 Å². The average Bonchev–Trinajstić information content (AvgIpc) is 2.28. The van der Waals surface area contributed by atoms with Crippen molar-refractivity contribution < 1.29 is 24.7 Å². The first-order chi connectivity index (χ1) is 16.2. The van der Waals surface area contributed by atoms with Crippen LogP contribution in [0.2, 0.25) is 157 Å². The highest BCUT2D eigenvalue weighted by Crippen LogP contribution is 2.23. The molecule has 0 aliphatic heterocycles. The van der Waals surface area contributed by atoms with Crippen LogP contribution >= 0.6 is 0 Å². The number of hydrogen-bond donors (Lipinski definition) is 0. The van der Waals surface area contributed by atoms with Crippen molar-refractivity contribution in [2.45, 2.75) is 157 Å². The summed E-state index contributed by atoms with van der Waals surface area (Å²) in [5, 5.41) is 0. The molecule has 0 aliphatic rings. The molecule has 0 aromatic heterocycles. The Morgan fingerprint density at radius 1 is 0.179 bits per heavy atom. The molecule has 39 heavy (non-hydrogen) atoms. The van der Waals surface area contributed by atoms with Gasteiger partial charge in [-0.1, -0.05) is 0 Å². The lowest BCUT2D eigenvalue weighted by Gasteiger charge is -2.39. The molecule has 0 radical (unpaired) electrons. The van der Waals surface area contributed by atoms with E-state index >= 15 is 0 Å². The van der Waals surface area contributed by atoms with Gasteiger partial charge in [-0.25, -0.2) is 0 Å². The summed E-state index contributed by atoms with van der Waals surface area (Å²) in [6.07, 6.45) is 0. The van der Waals surface area contributed by atoms with E-state index in [0.29, 0.717) is 0 Å². The van der Waals surface area contributed by atoms with Gasteiger partial charge < -0.3 is 24.7 Å². The maximum absolute atomic E-state index is 6.28. The van der Waals surface area contributed by atoms with Crippen molar-refractivity contribution >= 4 is 75.6 Å². The van der Waals surface area contributed by atoms with Crippen molar-refractivity contribution in [3.63, 3.8) is 0 Å². The predicted molar refractivity (Wildman–Crippen MR) is 199 cm³/mol. The first kappa shape index (κ1) is 45.1. The van der Waals surface area contributed by atoms with E-state index in [9.17, 15) is 0 Å². The molecule has 15 heteroatoms. The highest BCUT2D eigenvalue weighted by Gasteiger charge is 2.41. The molecule has 0 fully saturated rings. The van der Waals surface area contributed by atoms with Crippen molar-refractivity contribution in [3.8, 4) is 0 Å². The van der Waals surface area contributed by atoms with Crippen LogP contribution in [-0.4, -0.2) is 75.6 Å². The van der Waals surface area contributed by atoms with Gasteiger partial charge in [0.1, 0.15) is 0 Å². The van der Waals surface area contributed by atoms with Crippen LogP contribution in [0.3, 0.4) is 0 Å². The monoisotopic (exact) mass is 708 g/mol. The molecule has 0 atom stereocenters. The van der Waals surface area contributed by atoms with E-state index in [4.69, 9.17) is 24.7 Å². The van der Waals surface area contributed by atoms with E-state index < -0.39 is 75.6 Å². The Morgan fingerprint density at radius 3 is 0.410 bits per heavy atom. The number of hydrogen-bond acceptors (Lipinski definition) is 6. The minimum Gasteiger partial charge on any atom is -0.456 e. The quantitative estimate of drug-likeness (QED) is 0.188. The Kier molecular flexibility index (Phi) is 18.1. The fourth-order valence-corrected chi connectivity index (χ4v) is 41.8. The molecule has 0 aliphatic carbocycles. The van der Waals surface area contributed by atoms with Crippen LogP contribution < -0.4 is 0 Å². The zero-order valence-electron chi connectivity index (χ0n) is 30.9. The Bertz CT molecular complexity index is 636. The van der Waals surface area contributed by atoms with Crippen LogP contribution in [0.15, 0.2) is 0 Å². The fourth-order valence-electron chi connectivity index (χ4n) is 4.52. The standard InChI is InChI=1S/C10H30O3Si4.C8H24O2Si3.C6H18OSi2/c1-14(2,3)11-16(7,8)13-17(9,10)12-15(4,5)6;1-11(2,3)9-13(7,8)10-12(4,5)6;1-8(2,3)7-9(4,5)6/h1-10H3;1-8H3;1-6H3. The number of rotatable bonds is 12. The van der Waals surface area contributed by atoms with E-state index in [1.807, 2.05) is 0 Å². The van der Waals surface area contributed by atoms with Crippen LogP contribution in [-0.2, 0) is 24.7 Å². The SMILES string of the molecule is C[Si](C)(C)O[Si](C)(C)C.C[Si](C)(C)O[Si](C)(C)O[Si](C)(C)C.C[Si](C)(C)O[Si](C)(C)O[Si](C)(C)O[Si](C)(C)C. The van der Waals surface area contributed by atoms with Crippen LogP contribution in [0.4, 0.5) is 0 Å². The zero-order chi connectivity index (χ0) is 32.7. The van der Waals surface area contributed by atoms with Gasteiger partial charge in [0.2, 0.25) is 0 Å². The van der Waals surface area contributed by atoms with E-state index in [1.54, 1.807) is 0 Å². The van der Waals surface area contributed by atoms with Gasteiger partial charge in [-0.05, 0) is 157 Å². The Hall–Kier alpha value is 1.71. The summed E-state index contributed by atoms with van der Waals surface area (Å²) < 4.78 is 36.8. The lowest BCUT2D eigenvalue weighted by atomic mass is 11.8. The Balaban J connectivity index is -0.000000524. The normalized spacial score (nSPS) is 14.8. The molecule has 0 aromatic rings. The van der Waals surface area contributed by atoms with E-state index in [0.717, 1.165) is 0 Å². The van der Waals surface area contributed by atoms with E-state index in [1.165, 1.54) is 0 Å². The maximum atomic E-state index is 6.28. The largest absolute Gasteiger partial charge is 0.456 e. The third kappa shape index (κ3) is 39.7.